The van der Waals surface area contributed by atoms with Crippen LogP contribution in [0.4, 0.5) is 20.2 Å². The monoisotopic (exact) mass is 321 g/mol. The smallest absolute Gasteiger partial charge is 0.269 e. The van der Waals surface area contributed by atoms with Gasteiger partial charge in [-0.1, -0.05) is 0 Å². The summed E-state index contributed by atoms with van der Waals surface area (Å²) in [6.07, 6.45) is 2.13. The Hall–Kier alpha value is -2.54. The number of carbonyl (C=O) groups excluding carboxylic acids is 1. The number of hydrogen-bond donors (Lipinski definition) is 2. The zero-order valence-corrected chi connectivity index (χ0v) is 12.6. The summed E-state index contributed by atoms with van der Waals surface area (Å²) in [5.74, 6) is -1.70. The first-order valence-corrected chi connectivity index (χ1v) is 7.05. The second kappa shape index (κ2) is 8.19. The number of nitrogens with zero attached hydrogens (tertiary/aromatic N) is 1. The molecular formula is C16H17F2N3O2. The third kappa shape index (κ3) is 5.00. The van der Waals surface area contributed by atoms with Gasteiger partial charge in [-0.25, -0.2) is 8.78 Å². The molecule has 2 N–H and O–H groups in total. The Bertz CT molecular complexity index is 680. The van der Waals surface area contributed by atoms with Crippen molar-refractivity contribution in [3.63, 3.8) is 0 Å². The average molecular weight is 321 g/mol. The van der Waals surface area contributed by atoms with E-state index in [1.807, 2.05) is 0 Å². The molecule has 0 atom stereocenters. The lowest BCUT2D eigenvalue weighted by atomic mass is 10.2. The van der Waals surface area contributed by atoms with Crippen molar-refractivity contribution in [3.05, 3.63) is 53.9 Å². The number of nitrogens with one attached hydrogen (secondary N) is 2. The summed E-state index contributed by atoms with van der Waals surface area (Å²) in [5.41, 5.74) is 0.798. The van der Waals surface area contributed by atoms with Gasteiger partial charge >= 0.3 is 0 Å². The molecule has 2 aromatic rings. The van der Waals surface area contributed by atoms with E-state index in [-0.39, 0.29) is 17.3 Å². The first kappa shape index (κ1) is 16.8. The van der Waals surface area contributed by atoms with Gasteiger partial charge in [-0.3, -0.25) is 9.78 Å². The van der Waals surface area contributed by atoms with Crippen molar-refractivity contribution < 1.29 is 18.3 Å². The zero-order chi connectivity index (χ0) is 16.7. The van der Waals surface area contributed by atoms with Crippen molar-refractivity contribution in [1.82, 2.24) is 10.3 Å². The highest BCUT2D eigenvalue weighted by Gasteiger charge is 2.09. The van der Waals surface area contributed by atoms with Gasteiger partial charge in [0.05, 0.1) is 5.69 Å². The van der Waals surface area contributed by atoms with Gasteiger partial charge in [0.15, 0.2) is 0 Å². The van der Waals surface area contributed by atoms with E-state index in [1.54, 1.807) is 13.2 Å². The van der Waals surface area contributed by atoms with Crippen LogP contribution in [-0.2, 0) is 4.74 Å². The Morgan fingerprint density at radius 1 is 1.26 bits per heavy atom. The molecule has 122 valence electrons. The number of anilines is 2. The highest BCUT2D eigenvalue weighted by Crippen LogP contribution is 2.20. The van der Waals surface area contributed by atoms with Crippen LogP contribution in [0.1, 0.15) is 16.9 Å². The second-order valence-corrected chi connectivity index (χ2v) is 4.78. The fourth-order valence-corrected chi connectivity index (χ4v) is 1.89. The Kier molecular flexibility index (Phi) is 5.99. The number of rotatable bonds is 7. The summed E-state index contributed by atoms with van der Waals surface area (Å²) in [7, 11) is 1.59. The van der Waals surface area contributed by atoms with E-state index in [1.165, 1.54) is 18.3 Å². The summed E-state index contributed by atoms with van der Waals surface area (Å²) >= 11 is 0. The van der Waals surface area contributed by atoms with Crippen LogP contribution in [0.3, 0.4) is 0 Å². The molecule has 0 radical (unpaired) electrons. The normalized spacial score (nSPS) is 10.4. The van der Waals surface area contributed by atoms with Crippen molar-refractivity contribution in [2.45, 2.75) is 6.42 Å². The number of carbonyl (C=O) groups is 1. The van der Waals surface area contributed by atoms with Gasteiger partial charge in [0.2, 0.25) is 0 Å². The number of methoxy groups -OCH3 is 1. The Balaban J connectivity index is 2.03. The molecule has 0 aliphatic carbocycles. The zero-order valence-electron chi connectivity index (χ0n) is 12.6. The Morgan fingerprint density at radius 2 is 2.09 bits per heavy atom. The summed E-state index contributed by atoms with van der Waals surface area (Å²) in [6, 6.07) is 6.30. The van der Waals surface area contributed by atoms with E-state index < -0.39 is 11.6 Å². The predicted molar refractivity (Wildman–Crippen MR) is 82.7 cm³/mol. The van der Waals surface area contributed by atoms with Gasteiger partial charge in [-0.2, -0.15) is 0 Å². The van der Waals surface area contributed by atoms with Crippen LogP contribution in [0, 0.1) is 11.6 Å². The van der Waals surface area contributed by atoms with Crippen LogP contribution in [0.25, 0.3) is 0 Å². The lowest BCUT2D eigenvalue weighted by Crippen LogP contribution is -2.26. The minimum atomic E-state index is -0.715. The number of amides is 1. The summed E-state index contributed by atoms with van der Waals surface area (Å²) < 4.78 is 31.4. The predicted octanol–water partition coefficient (Wildman–Crippen LogP) is 2.87. The van der Waals surface area contributed by atoms with Crippen LogP contribution in [-0.4, -0.2) is 31.2 Å². The molecule has 1 amide bonds. The number of hydrogen-bond acceptors (Lipinski definition) is 4. The van der Waals surface area contributed by atoms with E-state index in [2.05, 4.69) is 15.6 Å². The molecule has 0 aliphatic rings. The van der Waals surface area contributed by atoms with Gasteiger partial charge < -0.3 is 15.4 Å². The maximum absolute atomic E-state index is 13.6. The second-order valence-electron chi connectivity index (χ2n) is 4.78. The molecule has 7 heteroatoms. The average Bonchev–Trinajstić information content (AvgIpc) is 2.54. The van der Waals surface area contributed by atoms with Crippen molar-refractivity contribution in [2.24, 2.45) is 0 Å². The number of ether oxygens (including phenoxy) is 1. The lowest BCUT2D eigenvalue weighted by Gasteiger charge is -2.09. The molecule has 23 heavy (non-hydrogen) atoms. The van der Waals surface area contributed by atoms with E-state index >= 15 is 0 Å². The van der Waals surface area contributed by atoms with Crippen molar-refractivity contribution in [2.75, 3.05) is 25.6 Å². The minimum Gasteiger partial charge on any atom is -0.385 e. The van der Waals surface area contributed by atoms with Crippen molar-refractivity contribution >= 4 is 17.3 Å². The molecule has 5 nitrogen and oxygen atoms in total. The maximum atomic E-state index is 13.6. The molecule has 1 heterocycles. The molecule has 0 unspecified atom stereocenters. The summed E-state index contributed by atoms with van der Waals surface area (Å²) in [6.45, 7) is 1.03. The van der Waals surface area contributed by atoms with Gasteiger partial charge in [0.1, 0.15) is 17.3 Å². The van der Waals surface area contributed by atoms with Gasteiger partial charge in [-0.15, -0.1) is 0 Å². The fourth-order valence-electron chi connectivity index (χ4n) is 1.89. The Labute approximate surface area is 132 Å². The number of halogens is 2. The van der Waals surface area contributed by atoms with Crippen LogP contribution in [0.2, 0.25) is 0 Å². The fraction of sp³-hybridized carbons (Fsp3) is 0.250. The third-order valence-corrected chi connectivity index (χ3v) is 3.01. The topological polar surface area (TPSA) is 63.2 Å². The molecule has 0 fully saturated rings. The SMILES string of the molecule is COCCCNC(=O)c1cc(Nc2ccc(F)cc2F)ccn1. The van der Waals surface area contributed by atoms with Crippen LogP contribution >= 0.6 is 0 Å². The van der Waals surface area contributed by atoms with E-state index in [4.69, 9.17) is 4.74 Å². The van der Waals surface area contributed by atoms with Crippen molar-refractivity contribution in [1.29, 1.82) is 0 Å². The van der Waals surface area contributed by atoms with Gasteiger partial charge in [0.25, 0.3) is 5.91 Å². The molecule has 1 aromatic carbocycles. The molecule has 0 spiro atoms. The quantitative estimate of drug-likeness (QED) is 0.770. The molecule has 1 aromatic heterocycles. The molecule has 2 rings (SSSR count). The first-order chi connectivity index (χ1) is 11.1. The molecule has 0 aliphatic heterocycles. The van der Waals surface area contributed by atoms with Crippen LogP contribution in [0.5, 0.6) is 0 Å². The lowest BCUT2D eigenvalue weighted by molar-refractivity contribution is 0.0943. The van der Waals surface area contributed by atoms with Crippen LogP contribution in [0.15, 0.2) is 36.5 Å². The highest BCUT2D eigenvalue weighted by molar-refractivity contribution is 5.93. The van der Waals surface area contributed by atoms with Crippen molar-refractivity contribution in [3.8, 4) is 0 Å². The molecule has 0 bridgehead atoms. The number of pyridine rings is 1. The van der Waals surface area contributed by atoms with E-state index in [0.717, 1.165) is 12.1 Å². The maximum Gasteiger partial charge on any atom is 0.269 e. The number of benzene rings is 1. The van der Waals surface area contributed by atoms with E-state index in [0.29, 0.717) is 25.3 Å². The standard InChI is InChI=1S/C16H17F2N3O2/c1-23-8-2-6-20-16(22)15-10-12(5-7-19-15)21-14-4-3-11(17)9-13(14)18/h3-5,7,9-10H,2,6,8H2,1H3,(H,19,21)(H,20,22). The highest BCUT2D eigenvalue weighted by atomic mass is 19.1. The third-order valence-electron chi connectivity index (χ3n) is 3.01. The minimum absolute atomic E-state index is 0.115. The summed E-state index contributed by atoms with van der Waals surface area (Å²) in [5, 5.41) is 5.50. The first-order valence-electron chi connectivity index (χ1n) is 7.05. The summed E-state index contributed by atoms with van der Waals surface area (Å²) in [4.78, 5) is 15.9. The Morgan fingerprint density at radius 3 is 2.83 bits per heavy atom. The van der Waals surface area contributed by atoms with Crippen LogP contribution < -0.4 is 10.6 Å². The van der Waals surface area contributed by atoms with Gasteiger partial charge in [-0.05, 0) is 30.7 Å². The van der Waals surface area contributed by atoms with E-state index in [9.17, 15) is 13.6 Å². The van der Waals surface area contributed by atoms with Gasteiger partial charge in [0, 0.05) is 38.2 Å². The molecular weight excluding hydrogens is 304 g/mol. The largest absolute Gasteiger partial charge is 0.385 e. The molecule has 0 saturated carbocycles. The number of aromatic nitrogens is 1. The molecule has 0 saturated heterocycles.